The highest BCUT2D eigenvalue weighted by molar-refractivity contribution is 5.91. The Kier molecular flexibility index (Phi) is 6.38. The zero-order valence-corrected chi connectivity index (χ0v) is 18.2. The van der Waals surface area contributed by atoms with E-state index in [1.54, 1.807) is 46.2 Å². The number of nitro groups is 1. The molecule has 0 spiro atoms. The first-order valence-electron chi connectivity index (χ1n) is 10.4. The highest BCUT2D eigenvalue weighted by Crippen LogP contribution is 2.39. The molecule has 172 valence electrons. The summed E-state index contributed by atoms with van der Waals surface area (Å²) in [5.41, 5.74) is -0.345. The van der Waals surface area contributed by atoms with E-state index in [2.05, 4.69) is 9.97 Å². The molecule has 11 nitrogen and oxygen atoms in total. The van der Waals surface area contributed by atoms with Crippen molar-refractivity contribution in [1.29, 1.82) is 0 Å². The van der Waals surface area contributed by atoms with Crippen LogP contribution in [0.25, 0.3) is 0 Å². The van der Waals surface area contributed by atoms with Crippen molar-refractivity contribution in [3.05, 3.63) is 64.9 Å². The van der Waals surface area contributed by atoms with Crippen LogP contribution in [-0.4, -0.2) is 58.0 Å². The number of anilines is 1. The SMILES string of the molecule is CC(C)Oc1ccccc1Oc1ncnc(N2CCN(C(=O)c3ccco3)CC2)c1[N+](=O)[O-]. The van der Waals surface area contributed by atoms with E-state index in [1.807, 2.05) is 13.8 Å². The summed E-state index contributed by atoms with van der Waals surface area (Å²) in [7, 11) is 0. The van der Waals surface area contributed by atoms with Crippen molar-refractivity contribution in [3.63, 3.8) is 0 Å². The average Bonchev–Trinajstić information content (AvgIpc) is 3.34. The van der Waals surface area contributed by atoms with Gasteiger partial charge in [-0.1, -0.05) is 12.1 Å². The summed E-state index contributed by atoms with van der Waals surface area (Å²) in [6.45, 7) is 5.19. The third-order valence-electron chi connectivity index (χ3n) is 4.97. The van der Waals surface area contributed by atoms with Crippen LogP contribution < -0.4 is 14.4 Å². The van der Waals surface area contributed by atoms with Gasteiger partial charge in [0.2, 0.25) is 5.82 Å². The average molecular weight is 453 g/mol. The number of aromatic nitrogens is 2. The number of carbonyl (C=O) groups excluding carboxylic acids is 1. The van der Waals surface area contributed by atoms with Crippen LogP contribution in [0.3, 0.4) is 0 Å². The quantitative estimate of drug-likeness (QED) is 0.390. The molecule has 33 heavy (non-hydrogen) atoms. The first-order valence-corrected chi connectivity index (χ1v) is 10.4. The van der Waals surface area contributed by atoms with E-state index in [9.17, 15) is 14.9 Å². The molecule has 3 aromatic rings. The Morgan fingerprint density at radius 3 is 2.45 bits per heavy atom. The second-order valence-corrected chi connectivity index (χ2v) is 7.58. The summed E-state index contributed by atoms with van der Waals surface area (Å²) in [4.78, 5) is 35.5. The molecule has 0 saturated carbocycles. The van der Waals surface area contributed by atoms with Gasteiger partial charge in [-0.05, 0) is 38.1 Å². The maximum atomic E-state index is 12.5. The highest BCUT2D eigenvalue weighted by atomic mass is 16.6. The number of amides is 1. The van der Waals surface area contributed by atoms with E-state index in [0.717, 1.165) is 0 Å². The van der Waals surface area contributed by atoms with Gasteiger partial charge in [0.25, 0.3) is 5.91 Å². The third-order valence-corrected chi connectivity index (χ3v) is 4.97. The normalized spacial score (nSPS) is 13.8. The van der Waals surface area contributed by atoms with E-state index >= 15 is 0 Å². The molecule has 0 aliphatic carbocycles. The first-order chi connectivity index (χ1) is 15.9. The molecule has 0 N–H and O–H groups in total. The van der Waals surface area contributed by atoms with Gasteiger partial charge < -0.3 is 23.7 Å². The van der Waals surface area contributed by atoms with Gasteiger partial charge in [0, 0.05) is 26.2 Å². The monoisotopic (exact) mass is 453 g/mol. The molecule has 1 aromatic carbocycles. The number of hydrogen-bond donors (Lipinski definition) is 0. The second-order valence-electron chi connectivity index (χ2n) is 7.58. The Bertz CT molecular complexity index is 1130. The highest BCUT2D eigenvalue weighted by Gasteiger charge is 2.32. The van der Waals surface area contributed by atoms with E-state index in [1.165, 1.54) is 12.6 Å². The zero-order valence-electron chi connectivity index (χ0n) is 18.2. The van der Waals surface area contributed by atoms with Gasteiger partial charge in [-0.15, -0.1) is 0 Å². The Balaban J connectivity index is 1.56. The molecule has 0 radical (unpaired) electrons. The number of benzene rings is 1. The van der Waals surface area contributed by atoms with Crippen LogP contribution in [0.5, 0.6) is 17.4 Å². The molecule has 11 heteroatoms. The topological polar surface area (TPSA) is 124 Å². The minimum atomic E-state index is -0.559. The maximum Gasteiger partial charge on any atom is 0.373 e. The van der Waals surface area contributed by atoms with Crippen molar-refractivity contribution in [2.75, 3.05) is 31.1 Å². The van der Waals surface area contributed by atoms with Crippen molar-refractivity contribution < 1.29 is 23.6 Å². The van der Waals surface area contributed by atoms with Gasteiger partial charge in [-0.25, -0.2) is 4.98 Å². The molecule has 1 saturated heterocycles. The second kappa shape index (κ2) is 9.55. The Hall–Kier alpha value is -4.15. The summed E-state index contributed by atoms with van der Waals surface area (Å²) in [5.74, 6) is 0.758. The maximum absolute atomic E-state index is 12.5. The molecule has 0 bridgehead atoms. The smallest absolute Gasteiger partial charge is 0.373 e. The standard InChI is InChI=1S/C22H23N5O6/c1-15(2)32-16-6-3-4-7-17(16)33-21-19(27(29)30)20(23-14-24-21)25-9-11-26(12-10-25)22(28)18-8-5-13-31-18/h3-8,13-15H,9-12H2,1-2H3. The number of nitrogens with zero attached hydrogens (tertiary/aromatic N) is 5. The van der Waals surface area contributed by atoms with Crippen molar-refractivity contribution in [3.8, 4) is 17.4 Å². The van der Waals surface area contributed by atoms with Crippen molar-refractivity contribution in [1.82, 2.24) is 14.9 Å². The largest absolute Gasteiger partial charge is 0.487 e. The predicted molar refractivity (Wildman–Crippen MR) is 118 cm³/mol. The van der Waals surface area contributed by atoms with Crippen LogP contribution in [-0.2, 0) is 0 Å². The lowest BCUT2D eigenvalue weighted by molar-refractivity contribution is -0.385. The number of para-hydroxylation sites is 2. The van der Waals surface area contributed by atoms with Gasteiger partial charge in [0.15, 0.2) is 17.3 Å². The molecule has 2 aromatic heterocycles. The molecule has 1 fully saturated rings. The van der Waals surface area contributed by atoms with E-state index in [-0.39, 0.29) is 35.2 Å². The lowest BCUT2D eigenvalue weighted by atomic mass is 10.2. The summed E-state index contributed by atoms with van der Waals surface area (Å²) in [5, 5.41) is 12.0. The Morgan fingerprint density at radius 2 is 1.82 bits per heavy atom. The third kappa shape index (κ3) is 4.86. The number of hydrogen-bond acceptors (Lipinski definition) is 9. The van der Waals surface area contributed by atoms with Crippen molar-refractivity contribution in [2.45, 2.75) is 20.0 Å². The van der Waals surface area contributed by atoms with E-state index < -0.39 is 4.92 Å². The lowest BCUT2D eigenvalue weighted by Crippen LogP contribution is -2.49. The number of furan rings is 1. The fraction of sp³-hybridized carbons (Fsp3) is 0.318. The van der Waals surface area contributed by atoms with Gasteiger partial charge in [-0.3, -0.25) is 14.9 Å². The molecular weight excluding hydrogens is 430 g/mol. The van der Waals surface area contributed by atoms with Gasteiger partial charge in [-0.2, -0.15) is 4.98 Å². The van der Waals surface area contributed by atoms with Crippen LogP contribution in [0.1, 0.15) is 24.4 Å². The summed E-state index contributed by atoms with van der Waals surface area (Å²) in [6, 6.07) is 10.2. The number of piperazine rings is 1. The lowest BCUT2D eigenvalue weighted by Gasteiger charge is -2.34. The summed E-state index contributed by atoms with van der Waals surface area (Å²) < 4.78 is 16.7. The predicted octanol–water partition coefficient (Wildman–Crippen LogP) is 3.52. The minimum absolute atomic E-state index is 0.106. The van der Waals surface area contributed by atoms with Crippen LogP contribution in [0, 0.1) is 10.1 Å². The summed E-state index contributed by atoms with van der Waals surface area (Å²) in [6.07, 6.45) is 2.56. The molecular formula is C22H23N5O6. The fourth-order valence-corrected chi connectivity index (χ4v) is 3.49. The molecule has 1 aliphatic rings. The van der Waals surface area contributed by atoms with Crippen LogP contribution >= 0.6 is 0 Å². The van der Waals surface area contributed by atoms with Crippen LogP contribution in [0.15, 0.2) is 53.4 Å². The van der Waals surface area contributed by atoms with Crippen LogP contribution in [0.4, 0.5) is 11.5 Å². The molecule has 1 amide bonds. The number of ether oxygens (including phenoxy) is 2. The van der Waals surface area contributed by atoms with Crippen molar-refractivity contribution >= 4 is 17.4 Å². The molecule has 4 rings (SSSR count). The van der Waals surface area contributed by atoms with E-state index in [4.69, 9.17) is 13.9 Å². The molecule has 1 aliphatic heterocycles. The summed E-state index contributed by atoms with van der Waals surface area (Å²) >= 11 is 0. The molecule has 0 unspecified atom stereocenters. The Morgan fingerprint density at radius 1 is 1.09 bits per heavy atom. The number of rotatable bonds is 7. The van der Waals surface area contributed by atoms with Gasteiger partial charge in [0.1, 0.15) is 6.33 Å². The van der Waals surface area contributed by atoms with Crippen LogP contribution in [0.2, 0.25) is 0 Å². The minimum Gasteiger partial charge on any atom is -0.487 e. The van der Waals surface area contributed by atoms with Gasteiger partial charge in [0.05, 0.1) is 17.3 Å². The molecule has 3 heterocycles. The molecule has 0 atom stereocenters. The zero-order chi connectivity index (χ0) is 23.4. The fourth-order valence-electron chi connectivity index (χ4n) is 3.49. The van der Waals surface area contributed by atoms with E-state index in [0.29, 0.717) is 37.7 Å². The first kappa shape index (κ1) is 22.1. The Labute approximate surface area is 189 Å². The van der Waals surface area contributed by atoms with Gasteiger partial charge >= 0.3 is 11.6 Å². The van der Waals surface area contributed by atoms with Crippen molar-refractivity contribution in [2.24, 2.45) is 0 Å². The number of carbonyl (C=O) groups is 1.